The minimum absolute atomic E-state index is 0.227. The number of nitrogens with one attached hydrogen (secondary N) is 2. The number of rotatable bonds is 10. The molecule has 6 heteroatoms. The van der Waals surface area contributed by atoms with Gasteiger partial charge in [0.1, 0.15) is 0 Å². The second-order valence-corrected chi connectivity index (χ2v) is 7.46. The molecule has 1 atom stereocenters. The van der Waals surface area contributed by atoms with Crippen molar-refractivity contribution < 1.29 is 4.79 Å². The SMILES string of the molecule is CCN(CC)CCCC(C)NC(=NC)NCc1ccc(N2CCCC2=O)cc1. The Balaban J connectivity index is 1.74. The zero-order chi connectivity index (χ0) is 20.4. The van der Waals surface area contributed by atoms with E-state index in [2.05, 4.69) is 53.4 Å². The molecule has 156 valence electrons. The monoisotopic (exact) mass is 387 g/mol. The highest BCUT2D eigenvalue weighted by Gasteiger charge is 2.21. The van der Waals surface area contributed by atoms with E-state index in [0.29, 0.717) is 19.0 Å². The molecule has 2 N–H and O–H groups in total. The summed E-state index contributed by atoms with van der Waals surface area (Å²) in [6, 6.07) is 8.60. The van der Waals surface area contributed by atoms with Crippen LogP contribution >= 0.6 is 0 Å². The summed E-state index contributed by atoms with van der Waals surface area (Å²) < 4.78 is 0. The summed E-state index contributed by atoms with van der Waals surface area (Å²) in [4.78, 5) is 20.5. The van der Waals surface area contributed by atoms with Crippen molar-refractivity contribution in [3.05, 3.63) is 29.8 Å². The first-order valence-electron chi connectivity index (χ1n) is 10.7. The normalized spacial score (nSPS) is 16.0. The van der Waals surface area contributed by atoms with Crippen molar-refractivity contribution in [1.29, 1.82) is 0 Å². The number of guanidine groups is 1. The number of hydrogen-bond donors (Lipinski definition) is 2. The van der Waals surface area contributed by atoms with Crippen molar-refractivity contribution >= 4 is 17.6 Å². The highest BCUT2D eigenvalue weighted by atomic mass is 16.2. The van der Waals surface area contributed by atoms with Crippen LogP contribution < -0.4 is 15.5 Å². The van der Waals surface area contributed by atoms with E-state index in [1.807, 2.05) is 17.0 Å². The van der Waals surface area contributed by atoms with Crippen LogP contribution in [-0.2, 0) is 11.3 Å². The van der Waals surface area contributed by atoms with Crippen LogP contribution in [0, 0.1) is 0 Å². The summed E-state index contributed by atoms with van der Waals surface area (Å²) in [7, 11) is 1.81. The van der Waals surface area contributed by atoms with Gasteiger partial charge in [-0.05, 0) is 63.5 Å². The first-order valence-corrected chi connectivity index (χ1v) is 10.7. The van der Waals surface area contributed by atoms with Crippen LogP contribution in [-0.4, -0.2) is 56.0 Å². The van der Waals surface area contributed by atoms with Gasteiger partial charge in [-0.15, -0.1) is 0 Å². The van der Waals surface area contributed by atoms with Crippen molar-refractivity contribution in [3.8, 4) is 0 Å². The number of hydrogen-bond acceptors (Lipinski definition) is 3. The summed E-state index contributed by atoms with van der Waals surface area (Å²) in [6.45, 7) is 11.6. The van der Waals surface area contributed by atoms with Crippen molar-refractivity contribution in [2.45, 2.75) is 59.0 Å². The maximum atomic E-state index is 11.8. The number of carbonyl (C=O) groups excluding carboxylic acids is 1. The summed E-state index contributed by atoms with van der Waals surface area (Å²) in [5, 5.41) is 6.86. The van der Waals surface area contributed by atoms with E-state index < -0.39 is 0 Å². The van der Waals surface area contributed by atoms with E-state index >= 15 is 0 Å². The average Bonchev–Trinajstić information content (AvgIpc) is 3.14. The molecule has 0 aliphatic carbocycles. The van der Waals surface area contributed by atoms with Gasteiger partial charge in [0.2, 0.25) is 5.91 Å². The molecule has 6 nitrogen and oxygen atoms in total. The van der Waals surface area contributed by atoms with Crippen LogP contribution in [0.2, 0.25) is 0 Å². The van der Waals surface area contributed by atoms with Crippen molar-refractivity contribution in [2.24, 2.45) is 4.99 Å². The molecule has 0 bridgehead atoms. The summed E-state index contributed by atoms with van der Waals surface area (Å²) in [6.07, 6.45) is 3.93. The van der Waals surface area contributed by atoms with Crippen LogP contribution in [0.3, 0.4) is 0 Å². The Hall–Kier alpha value is -2.08. The van der Waals surface area contributed by atoms with Gasteiger partial charge in [0.25, 0.3) is 0 Å². The molecular formula is C22H37N5O. The molecule has 1 aromatic carbocycles. The molecule has 1 aliphatic heterocycles. The first-order chi connectivity index (χ1) is 13.6. The lowest BCUT2D eigenvalue weighted by Gasteiger charge is -2.21. The molecule has 1 amide bonds. The third kappa shape index (κ3) is 6.82. The second kappa shape index (κ2) is 11.7. The molecule has 0 aromatic heterocycles. The number of carbonyl (C=O) groups is 1. The second-order valence-electron chi connectivity index (χ2n) is 7.46. The number of benzene rings is 1. The standard InChI is InChI=1S/C22H37N5O/c1-5-26(6-2)15-7-9-18(3)25-22(23-4)24-17-19-11-13-20(14-12-19)27-16-8-10-21(27)28/h11-14,18H,5-10,15-17H2,1-4H3,(H2,23,24,25). The van der Waals surface area contributed by atoms with Crippen molar-refractivity contribution in [3.63, 3.8) is 0 Å². The van der Waals surface area contributed by atoms with Gasteiger partial charge in [-0.3, -0.25) is 9.79 Å². The number of nitrogens with zero attached hydrogens (tertiary/aromatic N) is 3. The maximum absolute atomic E-state index is 11.8. The molecule has 1 aliphatic rings. The van der Waals surface area contributed by atoms with E-state index in [9.17, 15) is 4.79 Å². The fraction of sp³-hybridized carbons (Fsp3) is 0.636. The topological polar surface area (TPSA) is 60.0 Å². The van der Waals surface area contributed by atoms with Gasteiger partial charge in [-0.25, -0.2) is 0 Å². The van der Waals surface area contributed by atoms with Crippen molar-refractivity contribution in [1.82, 2.24) is 15.5 Å². The molecule has 1 saturated heterocycles. The summed E-state index contributed by atoms with van der Waals surface area (Å²) in [5.41, 5.74) is 2.17. The largest absolute Gasteiger partial charge is 0.354 e. The third-order valence-corrected chi connectivity index (χ3v) is 5.39. The number of aliphatic imine (C=N–C) groups is 1. The Morgan fingerprint density at radius 1 is 1.25 bits per heavy atom. The molecular weight excluding hydrogens is 350 g/mol. The molecule has 2 rings (SSSR count). The van der Waals surface area contributed by atoms with Gasteiger partial charge < -0.3 is 20.4 Å². The van der Waals surface area contributed by atoms with Crippen LogP contribution in [0.5, 0.6) is 0 Å². The highest BCUT2D eigenvalue weighted by molar-refractivity contribution is 5.95. The predicted molar refractivity (Wildman–Crippen MR) is 118 cm³/mol. The zero-order valence-corrected chi connectivity index (χ0v) is 18.0. The molecule has 1 heterocycles. The average molecular weight is 388 g/mol. The summed E-state index contributed by atoms with van der Waals surface area (Å²) in [5.74, 6) is 1.06. The molecule has 0 spiro atoms. The molecule has 1 fully saturated rings. The Morgan fingerprint density at radius 3 is 2.54 bits per heavy atom. The lowest BCUT2D eigenvalue weighted by Crippen LogP contribution is -2.42. The van der Waals surface area contributed by atoms with Gasteiger partial charge in [-0.1, -0.05) is 26.0 Å². The molecule has 1 unspecified atom stereocenters. The van der Waals surface area contributed by atoms with Gasteiger partial charge >= 0.3 is 0 Å². The van der Waals surface area contributed by atoms with Crippen molar-refractivity contribution in [2.75, 3.05) is 38.1 Å². The van der Waals surface area contributed by atoms with Gasteiger partial charge in [0.15, 0.2) is 5.96 Å². The first kappa shape index (κ1) is 22.2. The molecule has 0 radical (unpaired) electrons. The fourth-order valence-corrected chi connectivity index (χ4v) is 3.56. The minimum Gasteiger partial charge on any atom is -0.354 e. The van der Waals surface area contributed by atoms with Gasteiger partial charge in [0.05, 0.1) is 0 Å². The lowest BCUT2D eigenvalue weighted by atomic mass is 10.1. The van der Waals surface area contributed by atoms with Gasteiger partial charge in [-0.2, -0.15) is 0 Å². The fourth-order valence-electron chi connectivity index (χ4n) is 3.56. The third-order valence-electron chi connectivity index (χ3n) is 5.39. The lowest BCUT2D eigenvalue weighted by molar-refractivity contribution is -0.117. The highest BCUT2D eigenvalue weighted by Crippen LogP contribution is 2.21. The van der Waals surface area contributed by atoms with E-state index in [0.717, 1.165) is 50.7 Å². The van der Waals surface area contributed by atoms with E-state index in [-0.39, 0.29) is 5.91 Å². The Kier molecular flexibility index (Phi) is 9.28. The molecule has 1 aromatic rings. The summed E-state index contributed by atoms with van der Waals surface area (Å²) >= 11 is 0. The Labute approximate surface area is 170 Å². The maximum Gasteiger partial charge on any atom is 0.227 e. The molecule has 0 saturated carbocycles. The minimum atomic E-state index is 0.227. The zero-order valence-electron chi connectivity index (χ0n) is 18.0. The Morgan fingerprint density at radius 2 is 1.96 bits per heavy atom. The smallest absolute Gasteiger partial charge is 0.227 e. The van der Waals surface area contributed by atoms with E-state index in [1.165, 1.54) is 12.0 Å². The van der Waals surface area contributed by atoms with Crippen LogP contribution in [0.25, 0.3) is 0 Å². The Bertz CT molecular complexity index is 624. The van der Waals surface area contributed by atoms with Crippen LogP contribution in [0.4, 0.5) is 5.69 Å². The van der Waals surface area contributed by atoms with Crippen LogP contribution in [0.15, 0.2) is 29.3 Å². The van der Waals surface area contributed by atoms with E-state index in [4.69, 9.17) is 0 Å². The predicted octanol–water partition coefficient (Wildman–Crippen LogP) is 2.99. The number of anilines is 1. The number of amides is 1. The van der Waals surface area contributed by atoms with Gasteiger partial charge in [0, 0.05) is 38.3 Å². The molecule has 28 heavy (non-hydrogen) atoms. The quantitative estimate of drug-likeness (QED) is 0.479. The van der Waals surface area contributed by atoms with Crippen LogP contribution in [0.1, 0.15) is 52.0 Å². The van der Waals surface area contributed by atoms with E-state index in [1.54, 1.807) is 7.05 Å².